The third-order valence-corrected chi connectivity index (χ3v) is 4.76. The number of alkyl halides is 3. The van der Waals surface area contributed by atoms with Crippen LogP contribution in [-0.2, 0) is 25.5 Å². The van der Waals surface area contributed by atoms with Crippen molar-refractivity contribution in [2.45, 2.75) is 24.1 Å². The third kappa shape index (κ3) is 5.56. The summed E-state index contributed by atoms with van der Waals surface area (Å²) in [5.41, 5.74) is -1.01. The predicted octanol–water partition coefficient (Wildman–Crippen LogP) is 3.29. The summed E-state index contributed by atoms with van der Waals surface area (Å²) >= 11 is 0. The highest BCUT2D eigenvalue weighted by Crippen LogP contribution is 2.30. The van der Waals surface area contributed by atoms with Crippen molar-refractivity contribution in [2.75, 3.05) is 11.6 Å². The molecule has 1 N–H and O–H groups in total. The minimum absolute atomic E-state index is 0.0133. The number of halogens is 3. The monoisotopic (exact) mass is 415 g/mol. The van der Waals surface area contributed by atoms with E-state index in [1.165, 1.54) is 37.3 Å². The van der Waals surface area contributed by atoms with Crippen LogP contribution in [0, 0.1) is 0 Å². The fourth-order valence-corrected chi connectivity index (χ4v) is 2.77. The van der Waals surface area contributed by atoms with Crippen molar-refractivity contribution in [2.24, 2.45) is 0 Å². The summed E-state index contributed by atoms with van der Waals surface area (Å²) in [5.74, 6) is -1.70. The van der Waals surface area contributed by atoms with Gasteiger partial charge in [-0.1, -0.05) is 6.07 Å². The molecular weight excluding hydrogens is 399 g/mol. The molecule has 0 saturated heterocycles. The summed E-state index contributed by atoms with van der Waals surface area (Å²) < 4.78 is 65.9. The number of nitrogens with one attached hydrogen (secondary N) is 1. The zero-order chi connectivity index (χ0) is 21.1. The fraction of sp³-hybridized carbons (Fsp3) is 0.222. The summed E-state index contributed by atoms with van der Waals surface area (Å²) in [6.07, 6.45) is -4.84. The zero-order valence-electron chi connectivity index (χ0n) is 14.8. The Morgan fingerprint density at radius 3 is 2.21 bits per heavy atom. The minimum atomic E-state index is -4.56. The lowest BCUT2D eigenvalue weighted by atomic mass is 10.2. The van der Waals surface area contributed by atoms with Gasteiger partial charge in [-0.15, -0.1) is 0 Å². The number of hydrogen-bond acceptors (Lipinski definition) is 5. The van der Waals surface area contributed by atoms with Crippen molar-refractivity contribution >= 4 is 27.4 Å². The number of rotatable bonds is 5. The van der Waals surface area contributed by atoms with E-state index in [1.807, 2.05) is 0 Å². The van der Waals surface area contributed by atoms with Crippen LogP contribution in [0.2, 0.25) is 0 Å². The second-order valence-electron chi connectivity index (χ2n) is 5.91. The van der Waals surface area contributed by atoms with E-state index < -0.39 is 39.6 Å². The van der Waals surface area contributed by atoms with Gasteiger partial charge in [0.25, 0.3) is 5.91 Å². The molecule has 0 aliphatic carbocycles. The average Bonchev–Trinajstić information content (AvgIpc) is 2.60. The fourth-order valence-electron chi connectivity index (χ4n) is 2.14. The van der Waals surface area contributed by atoms with Crippen molar-refractivity contribution < 1.29 is 35.9 Å². The van der Waals surface area contributed by atoms with Gasteiger partial charge in [0.2, 0.25) is 0 Å². The van der Waals surface area contributed by atoms with Crippen molar-refractivity contribution in [3.05, 3.63) is 59.7 Å². The second kappa shape index (κ2) is 8.01. The highest BCUT2D eigenvalue weighted by atomic mass is 32.2. The molecular formula is C18H16F3NO5S. The molecule has 0 heterocycles. The normalized spacial score (nSPS) is 12.9. The third-order valence-electron chi connectivity index (χ3n) is 3.63. The molecule has 0 spiro atoms. The Hall–Kier alpha value is -2.88. The average molecular weight is 415 g/mol. The van der Waals surface area contributed by atoms with Crippen molar-refractivity contribution in [1.29, 1.82) is 0 Å². The number of amides is 1. The largest absolute Gasteiger partial charge is 0.449 e. The Bertz CT molecular complexity index is 985. The lowest BCUT2D eigenvalue weighted by Gasteiger charge is -2.14. The number of carbonyl (C=O) groups is 2. The predicted molar refractivity (Wildman–Crippen MR) is 94.5 cm³/mol. The molecule has 28 heavy (non-hydrogen) atoms. The van der Waals surface area contributed by atoms with E-state index in [0.717, 1.165) is 24.5 Å². The minimum Gasteiger partial charge on any atom is -0.449 e. The molecule has 0 aromatic heterocycles. The van der Waals surface area contributed by atoms with E-state index in [2.05, 4.69) is 5.32 Å². The molecule has 1 amide bonds. The van der Waals surface area contributed by atoms with Crippen LogP contribution in [0.1, 0.15) is 22.8 Å². The van der Waals surface area contributed by atoms with Gasteiger partial charge >= 0.3 is 12.1 Å². The standard InChI is InChI=1S/C18H16F3NO5S/c1-11(16(23)22-14-5-3-4-13(10-14)18(19,20)21)27-17(24)12-6-8-15(9-7-12)28(2,25)26/h3-11H,1-2H3,(H,22,23). The molecule has 0 saturated carbocycles. The Balaban J connectivity index is 2.03. The molecule has 10 heteroatoms. The van der Waals surface area contributed by atoms with Crippen LogP contribution in [0.4, 0.5) is 18.9 Å². The molecule has 2 aromatic carbocycles. The smallest absolute Gasteiger partial charge is 0.416 e. The second-order valence-corrected chi connectivity index (χ2v) is 7.93. The SMILES string of the molecule is CC(OC(=O)c1ccc(S(C)(=O)=O)cc1)C(=O)Nc1cccc(C(F)(F)F)c1. The van der Waals surface area contributed by atoms with Gasteiger partial charge in [0.1, 0.15) is 0 Å². The first-order valence-corrected chi connectivity index (χ1v) is 9.76. The Morgan fingerprint density at radius 1 is 1.07 bits per heavy atom. The Morgan fingerprint density at radius 2 is 1.68 bits per heavy atom. The van der Waals surface area contributed by atoms with Crippen LogP contribution in [-0.4, -0.2) is 32.7 Å². The first-order valence-electron chi connectivity index (χ1n) is 7.87. The number of carbonyl (C=O) groups excluding carboxylic acids is 2. The van der Waals surface area contributed by atoms with E-state index in [9.17, 15) is 31.2 Å². The highest BCUT2D eigenvalue weighted by Gasteiger charge is 2.30. The maximum Gasteiger partial charge on any atom is 0.416 e. The van der Waals surface area contributed by atoms with Gasteiger partial charge in [0, 0.05) is 11.9 Å². The summed E-state index contributed by atoms with van der Waals surface area (Å²) in [7, 11) is -3.43. The van der Waals surface area contributed by atoms with E-state index in [4.69, 9.17) is 4.74 Å². The molecule has 0 aliphatic rings. The summed E-state index contributed by atoms with van der Waals surface area (Å²) in [4.78, 5) is 24.1. The van der Waals surface area contributed by atoms with Crippen LogP contribution in [0.3, 0.4) is 0 Å². The molecule has 150 valence electrons. The molecule has 0 aliphatic heterocycles. The molecule has 2 rings (SSSR count). The number of hydrogen-bond donors (Lipinski definition) is 1. The number of benzene rings is 2. The molecule has 1 unspecified atom stereocenters. The molecule has 6 nitrogen and oxygen atoms in total. The van der Waals surface area contributed by atoms with E-state index in [-0.39, 0.29) is 16.1 Å². The maximum atomic E-state index is 12.7. The summed E-state index contributed by atoms with van der Waals surface area (Å²) in [6.45, 7) is 1.26. The zero-order valence-corrected chi connectivity index (χ0v) is 15.6. The Labute approximate surface area is 159 Å². The van der Waals surface area contributed by atoms with Gasteiger partial charge in [-0.3, -0.25) is 4.79 Å². The van der Waals surface area contributed by atoms with Crippen LogP contribution in [0.5, 0.6) is 0 Å². The van der Waals surface area contributed by atoms with Crippen LogP contribution in [0.25, 0.3) is 0 Å². The van der Waals surface area contributed by atoms with Gasteiger partial charge in [-0.25, -0.2) is 13.2 Å². The summed E-state index contributed by atoms with van der Waals surface area (Å²) in [6, 6.07) is 8.94. The molecule has 0 fully saturated rings. The van der Waals surface area contributed by atoms with Crippen LogP contribution < -0.4 is 5.32 Å². The number of sulfone groups is 1. The molecule has 0 bridgehead atoms. The number of ether oxygens (including phenoxy) is 1. The van der Waals surface area contributed by atoms with Crippen LogP contribution >= 0.6 is 0 Å². The summed E-state index contributed by atoms with van der Waals surface area (Å²) in [5, 5.41) is 2.24. The van der Waals surface area contributed by atoms with E-state index in [0.29, 0.717) is 0 Å². The Kier molecular flexibility index (Phi) is 6.13. The van der Waals surface area contributed by atoms with Gasteiger partial charge < -0.3 is 10.1 Å². The molecule has 1 atom stereocenters. The first kappa shape index (κ1) is 21.4. The van der Waals surface area contributed by atoms with Crippen molar-refractivity contribution in [1.82, 2.24) is 0 Å². The first-order chi connectivity index (χ1) is 12.9. The van der Waals surface area contributed by atoms with E-state index >= 15 is 0 Å². The molecule has 2 aromatic rings. The quantitative estimate of drug-likeness (QED) is 0.757. The lowest BCUT2D eigenvalue weighted by molar-refractivity contribution is -0.137. The van der Waals surface area contributed by atoms with Gasteiger partial charge in [0.05, 0.1) is 16.0 Å². The highest BCUT2D eigenvalue weighted by molar-refractivity contribution is 7.90. The van der Waals surface area contributed by atoms with E-state index in [1.54, 1.807) is 0 Å². The van der Waals surface area contributed by atoms with Gasteiger partial charge in [-0.2, -0.15) is 13.2 Å². The van der Waals surface area contributed by atoms with Crippen LogP contribution in [0.15, 0.2) is 53.4 Å². The maximum absolute atomic E-state index is 12.7. The van der Waals surface area contributed by atoms with Gasteiger partial charge in [-0.05, 0) is 49.4 Å². The van der Waals surface area contributed by atoms with Crippen molar-refractivity contribution in [3.8, 4) is 0 Å². The topological polar surface area (TPSA) is 89.5 Å². The molecule has 0 radical (unpaired) electrons. The number of esters is 1. The van der Waals surface area contributed by atoms with Crippen molar-refractivity contribution in [3.63, 3.8) is 0 Å². The van der Waals surface area contributed by atoms with Gasteiger partial charge in [0.15, 0.2) is 15.9 Å². The number of anilines is 1. The lowest BCUT2D eigenvalue weighted by Crippen LogP contribution is -2.30.